The standard InChI is InChI=1S/C29H26BBrN2O5/c1-16-13-23-26(22-15-25(38-30(37)27(16)22)21-14-17(31)7-12-24(21)34)29(36)33(28(23)35)20-10-8-19(9-11-20)32-18-5-3-2-4-6-18/h2-12,14,22-23,25-26,32,34,37H,13,15H2,1H3/t22-,23-,25-,26+/m0/s1. The summed E-state index contributed by atoms with van der Waals surface area (Å²) in [5, 5.41) is 24.8. The fourth-order valence-electron chi connectivity index (χ4n) is 6.18. The molecule has 3 aliphatic rings. The third-order valence-electron chi connectivity index (χ3n) is 7.88. The van der Waals surface area contributed by atoms with E-state index in [4.69, 9.17) is 4.65 Å². The fourth-order valence-corrected chi connectivity index (χ4v) is 6.56. The molecule has 0 aromatic heterocycles. The maximum absolute atomic E-state index is 13.8. The fraction of sp³-hybridized carbons (Fsp3) is 0.241. The maximum Gasteiger partial charge on any atom is 0.487 e. The number of nitrogens with zero attached hydrogens (tertiary/aromatic N) is 1. The highest BCUT2D eigenvalue weighted by molar-refractivity contribution is 9.10. The molecule has 7 nitrogen and oxygen atoms in total. The number of benzene rings is 3. The summed E-state index contributed by atoms with van der Waals surface area (Å²) in [6.45, 7) is 1.90. The monoisotopic (exact) mass is 572 g/mol. The van der Waals surface area contributed by atoms with Gasteiger partial charge in [0.15, 0.2) is 0 Å². The number of hydrogen-bond donors (Lipinski definition) is 3. The number of aromatic hydroxyl groups is 1. The molecule has 0 unspecified atom stereocenters. The molecule has 9 heteroatoms. The van der Waals surface area contributed by atoms with Gasteiger partial charge in [-0.1, -0.05) is 39.7 Å². The van der Waals surface area contributed by atoms with Gasteiger partial charge < -0.3 is 20.1 Å². The Morgan fingerprint density at radius 2 is 1.68 bits per heavy atom. The smallest absolute Gasteiger partial charge is 0.487 e. The molecule has 1 aliphatic carbocycles. The molecule has 2 fully saturated rings. The number of carbonyl (C=O) groups excluding carboxylic acids is 2. The van der Waals surface area contributed by atoms with Crippen LogP contribution in [0.15, 0.2) is 88.3 Å². The first kappa shape index (κ1) is 24.9. The minimum Gasteiger partial charge on any atom is -0.508 e. The van der Waals surface area contributed by atoms with Crippen molar-refractivity contribution in [3.63, 3.8) is 0 Å². The minimum atomic E-state index is -1.21. The van der Waals surface area contributed by atoms with Crippen molar-refractivity contribution in [1.82, 2.24) is 0 Å². The first-order chi connectivity index (χ1) is 18.3. The van der Waals surface area contributed by atoms with Crippen LogP contribution in [0.3, 0.4) is 0 Å². The van der Waals surface area contributed by atoms with Gasteiger partial charge in [-0.25, -0.2) is 0 Å². The van der Waals surface area contributed by atoms with Gasteiger partial charge in [-0.2, -0.15) is 0 Å². The number of para-hydroxylation sites is 1. The predicted octanol–water partition coefficient (Wildman–Crippen LogP) is 5.52. The molecule has 2 saturated heterocycles. The van der Waals surface area contributed by atoms with Gasteiger partial charge in [0.25, 0.3) is 0 Å². The summed E-state index contributed by atoms with van der Waals surface area (Å²) in [6.07, 6.45) is 0.156. The van der Waals surface area contributed by atoms with E-state index in [1.54, 1.807) is 30.3 Å². The second-order valence-electron chi connectivity index (χ2n) is 10.1. The van der Waals surface area contributed by atoms with Crippen molar-refractivity contribution in [3.8, 4) is 5.75 Å². The quantitative estimate of drug-likeness (QED) is 0.281. The first-order valence-corrected chi connectivity index (χ1v) is 13.4. The second-order valence-corrected chi connectivity index (χ2v) is 11.1. The summed E-state index contributed by atoms with van der Waals surface area (Å²) in [5.41, 5.74) is 4.42. The van der Waals surface area contributed by atoms with Gasteiger partial charge in [0.05, 0.1) is 23.6 Å². The average Bonchev–Trinajstić information content (AvgIpc) is 3.15. The van der Waals surface area contributed by atoms with Crippen molar-refractivity contribution in [3.05, 3.63) is 93.9 Å². The zero-order valence-corrected chi connectivity index (χ0v) is 22.3. The zero-order valence-electron chi connectivity index (χ0n) is 20.7. The lowest BCUT2D eigenvalue weighted by Crippen LogP contribution is -2.44. The zero-order chi connectivity index (χ0) is 26.6. The second kappa shape index (κ2) is 9.73. The minimum absolute atomic E-state index is 0.0570. The van der Waals surface area contributed by atoms with Crippen LogP contribution in [0.1, 0.15) is 31.4 Å². The molecule has 2 amide bonds. The molecular weight excluding hydrogens is 547 g/mol. The number of phenols is 1. The SMILES string of the molecule is CC1=C2B(O)O[C@H](c3cc(Br)ccc3O)C[C@H]2[C@H]2C(=O)N(c3ccc(Nc4ccccc4)cc3)C(=O)[C@H]2C1. The van der Waals surface area contributed by atoms with Crippen molar-refractivity contribution in [2.75, 3.05) is 10.2 Å². The Bertz CT molecular complexity index is 1450. The molecule has 3 N–H and O–H groups in total. The number of hydrogen-bond acceptors (Lipinski definition) is 6. The molecule has 3 aromatic rings. The van der Waals surface area contributed by atoms with Gasteiger partial charge in [-0.05, 0) is 85.8 Å². The molecule has 2 heterocycles. The number of rotatable bonds is 4. The molecule has 4 atom stereocenters. The van der Waals surface area contributed by atoms with Crippen molar-refractivity contribution in [1.29, 1.82) is 0 Å². The van der Waals surface area contributed by atoms with E-state index in [1.165, 1.54) is 4.90 Å². The lowest BCUT2D eigenvalue weighted by atomic mass is 9.55. The third kappa shape index (κ3) is 4.24. The van der Waals surface area contributed by atoms with Crippen LogP contribution in [0.25, 0.3) is 0 Å². The number of anilines is 3. The van der Waals surface area contributed by atoms with Crippen LogP contribution in [0.2, 0.25) is 0 Å². The van der Waals surface area contributed by atoms with Crippen molar-refractivity contribution in [2.45, 2.75) is 25.9 Å². The Kier molecular flexibility index (Phi) is 6.38. The van der Waals surface area contributed by atoms with E-state index in [0.29, 0.717) is 29.6 Å². The Labute approximate surface area is 229 Å². The summed E-state index contributed by atoms with van der Waals surface area (Å²) in [4.78, 5) is 28.7. The van der Waals surface area contributed by atoms with E-state index in [2.05, 4.69) is 21.2 Å². The third-order valence-corrected chi connectivity index (χ3v) is 8.37. The molecule has 0 bridgehead atoms. The van der Waals surface area contributed by atoms with Crippen molar-refractivity contribution < 1.29 is 24.4 Å². The number of allylic oxidation sites excluding steroid dienone is 2. The number of imide groups is 1. The van der Waals surface area contributed by atoms with Gasteiger partial charge in [-0.15, -0.1) is 0 Å². The van der Waals surface area contributed by atoms with Gasteiger partial charge in [0, 0.05) is 21.4 Å². The number of fused-ring (bicyclic) bond motifs is 3. The molecule has 2 aliphatic heterocycles. The van der Waals surface area contributed by atoms with Gasteiger partial charge >= 0.3 is 7.12 Å². The van der Waals surface area contributed by atoms with E-state index < -0.39 is 25.1 Å². The van der Waals surface area contributed by atoms with Crippen LogP contribution in [0.4, 0.5) is 17.1 Å². The van der Waals surface area contributed by atoms with E-state index in [1.807, 2.05) is 49.4 Å². The lowest BCUT2D eigenvalue weighted by molar-refractivity contribution is -0.123. The van der Waals surface area contributed by atoms with Crippen LogP contribution in [0, 0.1) is 17.8 Å². The molecule has 6 rings (SSSR count). The van der Waals surface area contributed by atoms with Gasteiger partial charge in [-0.3, -0.25) is 14.5 Å². The molecule has 38 heavy (non-hydrogen) atoms. The Morgan fingerprint density at radius 1 is 0.974 bits per heavy atom. The number of phenolic OH excluding ortho intramolecular Hbond substituents is 1. The maximum atomic E-state index is 13.8. The van der Waals surface area contributed by atoms with E-state index in [0.717, 1.165) is 21.4 Å². The number of amides is 2. The molecule has 0 saturated carbocycles. The van der Waals surface area contributed by atoms with Crippen LogP contribution in [-0.4, -0.2) is 29.1 Å². The summed E-state index contributed by atoms with van der Waals surface area (Å²) >= 11 is 3.43. The topological polar surface area (TPSA) is 99.1 Å². The predicted molar refractivity (Wildman–Crippen MR) is 149 cm³/mol. The summed E-state index contributed by atoms with van der Waals surface area (Å²) in [6, 6.07) is 22.1. The normalized spacial score (nSPS) is 24.9. The highest BCUT2D eigenvalue weighted by Gasteiger charge is 2.57. The molecule has 0 radical (unpaired) electrons. The number of nitrogens with one attached hydrogen (secondary N) is 1. The molecule has 3 aromatic carbocycles. The van der Waals surface area contributed by atoms with Crippen LogP contribution in [0.5, 0.6) is 5.75 Å². The Morgan fingerprint density at radius 3 is 2.42 bits per heavy atom. The lowest BCUT2D eigenvalue weighted by Gasteiger charge is -2.41. The first-order valence-electron chi connectivity index (χ1n) is 12.6. The Hall–Kier alpha value is -3.40. The van der Waals surface area contributed by atoms with Gasteiger partial charge in [0.1, 0.15) is 5.75 Å². The number of carbonyl (C=O) groups is 2. The number of halogens is 1. The van der Waals surface area contributed by atoms with Crippen molar-refractivity contribution >= 4 is 51.9 Å². The molecular formula is C29H26BBrN2O5. The van der Waals surface area contributed by atoms with E-state index >= 15 is 0 Å². The molecule has 192 valence electrons. The summed E-state index contributed by atoms with van der Waals surface area (Å²) in [7, 11) is -1.21. The van der Waals surface area contributed by atoms with Crippen LogP contribution < -0.4 is 10.2 Å². The summed E-state index contributed by atoms with van der Waals surface area (Å²) in [5.74, 6) is -1.89. The highest BCUT2D eigenvalue weighted by Crippen LogP contribution is 2.52. The van der Waals surface area contributed by atoms with Crippen LogP contribution >= 0.6 is 15.9 Å². The van der Waals surface area contributed by atoms with Gasteiger partial charge in [0.2, 0.25) is 11.8 Å². The largest absolute Gasteiger partial charge is 0.508 e. The van der Waals surface area contributed by atoms with E-state index in [9.17, 15) is 19.7 Å². The van der Waals surface area contributed by atoms with Crippen molar-refractivity contribution in [2.24, 2.45) is 17.8 Å². The highest BCUT2D eigenvalue weighted by atomic mass is 79.9. The van der Waals surface area contributed by atoms with Crippen LogP contribution in [-0.2, 0) is 14.2 Å². The van der Waals surface area contributed by atoms with E-state index in [-0.39, 0.29) is 23.5 Å². The molecule has 0 spiro atoms. The summed E-state index contributed by atoms with van der Waals surface area (Å²) < 4.78 is 6.70. The Balaban J connectivity index is 1.29. The average molecular weight is 573 g/mol.